The Hall–Kier alpha value is -2.82. The maximum atomic E-state index is 11.8. The zero-order chi connectivity index (χ0) is 17.4. The fourth-order valence-corrected chi connectivity index (χ4v) is 2.31. The van der Waals surface area contributed by atoms with E-state index in [1.807, 2.05) is 55.5 Å². The van der Waals surface area contributed by atoms with Crippen molar-refractivity contribution in [3.63, 3.8) is 0 Å². The molecule has 2 aromatic rings. The van der Waals surface area contributed by atoms with Crippen molar-refractivity contribution in [2.45, 2.75) is 19.9 Å². The molecule has 5 nitrogen and oxygen atoms in total. The van der Waals surface area contributed by atoms with Gasteiger partial charge in [0.1, 0.15) is 5.75 Å². The van der Waals surface area contributed by atoms with Gasteiger partial charge in [-0.15, -0.1) is 0 Å². The topological polar surface area (TPSA) is 67.4 Å². The molecule has 0 aromatic heterocycles. The molecule has 2 N–H and O–H groups in total. The van der Waals surface area contributed by atoms with Gasteiger partial charge in [0.05, 0.1) is 7.11 Å². The number of hydrogen-bond donors (Lipinski definition) is 2. The molecule has 2 amide bonds. The van der Waals surface area contributed by atoms with Gasteiger partial charge < -0.3 is 15.4 Å². The summed E-state index contributed by atoms with van der Waals surface area (Å²) in [7, 11) is 1.61. The summed E-state index contributed by atoms with van der Waals surface area (Å²) < 4.78 is 5.15. The van der Waals surface area contributed by atoms with Crippen LogP contribution in [0.1, 0.15) is 16.7 Å². The predicted octanol–water partition coefficient (Wildman–Crippen LogP) is 1.98. The second kappa shape index (κ2) is 8.72. The van der Waals surface area contributed by atoms with E-state index >= 15 is 0 Å². The summed E-state index contributed by atoms with van der Waals surface area (Å²) in [4.78, 5) is 23.6. The number of nitrogens with one attached hydrogen (secondary N) is 2. The van der Waals surface area contributed by atoms with E-state index in [-0.39, 0.29) is 0 Å². The fourth-order valence-electron chi connectivity index (χ4n) is 2.31. The first-order valence-electron chi connectivity index (χ1n) is 7.83. The van der Waals surface area contributed by atoms with Crippen LogP contribution in [-0.4, -0.2) is 25.5 Å². The average Bonchev–Trinajstić information content (AvgIpc) is 2.59. The number of benzene rings is 2. The maximum absolute atomic E-state index is 11.8. The molecule has 0 unspecified atom stereocenters. The first-order chi connectivity index (χ1) is 11.6. The van der Waals surface area contributed by atoms with Crippen molar-refractivity contribution in [2.24, 2.45) is 0 Å². The quantitative estimate of drug-likeness (QED) is 0.798. The third-order valence-electron chi connectivity index (χ3n) is 3.58. The van der Waals surface area contributed by atoms with Gasteiger partial charge >= 0.3 is 11.8 Å². The van der Waals surface area contributed by atoms with Gasteiger partial charge in [-0.2, -0.15) is 0 Å². The average molecular weight is 326 g/mol. The molecule has 126 valence electrons. The molecule has 0 heterocycles. The van der Waals surface area contributed by atoms with Crippen LogP contribution in [0.25, 0.3) is 0 Å². The van der Waals surface area contributed by atoms with Crippen LogP contribution < -0.4 is 15.4 Å². The SMILES string of the molecule is COc1cccc(CCNC(=O)C(=O)NCc2cccc(C)c2)c1. The van der Waals surface area contributed by atoms with Crippen molar-refractivity contribution in [3.8, 4) is 5.75 Å². The second-order valence-corrected chi connectivity index (χ2v) is 5.53. The zero-order valence-electron chi connectivity index (χ0n) is 14.0. The number of hydrogen-bond acceptors (Lipinski definition) is 3. The Morgan fingerprint density at radius 2 is 1.67 bits per heavy atom. The van der Waals surface area contributed by atoms with Crippen LogP contribution >= 0.6 is 0 Å². The molecule has 0 saturated carbocycles. The highest BCUT2D eigenvalue weighted by Gasteiger charge is 2.12. The fraction of sp³-hybridized carbons (Fsp3) is 0.263. The Morgan fingerprint density at radius 1 is 0.958 bits per heavy atom. The Balaban J connectivity index is 1.74. The van der Waals surface area contributed by atoms with Crippen LogP contribution in [0.2, 0.25) is 0 Å². The monoisotopic (exact) mass is 326 g/mol. The van der Waals surface area contributed by atoms with E-state index in [2.05, 4.69) is 10.6 Å². The summed E-state index contributed by atoms with van der Waals surface area (Å²) in [5, 5.41) is 5.25. The lowest BCUT2D eigenvalue weighted by molar-refractivity contribution is -0.139. The molecule has 0 radical (unpaired) electrons. The number of carbonyl (C=O) groups excluding carboxylic acids is 2. The molecule has 2 rings (SSSR count). The number of rotatable bonds is 6. The van der Waals surface area contributed by atoms with Gasteiger partial charge in [0.15, 0.2) is 0 Å². The molecule has 0 spiro atoms. The number of aryl methyl sites for hydroxylation is 1. The maximum Gasteiger partial charge on any atom is 0.309 e. The van der Waals surface area contributed by atoms with Crippen molar-refractivity contribution in [2.75, 3.05) is 13.7 Å². The standard InChI is InChI=1S/C19H22N2O3/c1-14-5-3-7-16(11-14)13-21-19(23)18(22)20-10-9-15-6-4-8-17(12-15)24-2/h3-8,11-12H,9-10,13H2,1-2H3,(H,20,22)(H,21,23). The summed E-state index contributed by atoms with van der Waals surface area (Å²) in [5.41, 5.74) is 3.12. The minimum absolute atomic E-state index is 0.337. The van der Waals surface area contributed by atoms with Crippen LogP contribution in [0.15, 0.2) is 48.5 Å². The third kappa shape index (κ3) is 5.43. The lowest BCUT2D eigenvalue weighted by atomic mass is 10.1. The molecule has 0 bridgehead atoms. The van der Waals surface area contributed by atoms with Crippen LogP contribution in [-0.2, 0) is 22.6 Å². The Labute approximate surface area is 142 Å². The van der Waals surface area contributed by atoms with Gasteiger partial charge in [0.2, 0.25) is 0 Å². The lowest BCUT2D eigenvalue weighted by Crippen LogP contribution is -2.40. The van der Waals surface area contributed by atoms with Crippen molar-refractivity contribution >= 4 is 11.8 Å². The van der Waals surface area contributed by atoms with Crippen molar-refractivity contribution < 1.29 is 14.3 Å². The molecule has 5 heteroatoms. The van der Waals surface area contributed by atoms with E-state index in [0.29, 0.717) is 19.5 Å². The highest BCUT2D eigenvalue weighted by molar-refractivity contribution is 6.35. The molecule has 0 atom stereocenters. The minimum atomic E-state index is -0.623. The van der Waals surface area contributed by atoms with E-state index in [4.69, 9.17) is 4.74 Å². The van der Waals surface area contributed by atoms with Gasteiger partial charge in [-0.1, -0.05) is 42.0 Å². The molecule has 0 aliphatic carbocycles. The van der Waals surface area contributed by atoms with Gasteiger partial charge in [-0.3, -0.25) is 9.59 Å². The van der Waals surface area contributed by atoms with Gasteiger partial charge in [-0.25, -0.2) is 0 Å². The number of methoxy groups -OCH3 is 1. The summed E-state index contributed by atoms with van der Waals surface area (Å²) in [6.07, 6.45) is 0.633. The summed E-state index contributed by atoms with van der Waals surface area (Å²) in [5.74, 6) is -0.470. The molecular weight excluding hydrogens is 304 g/mol. The molecule has 2 aromatic carbocycles. The lowest BCUT2D eigenvalue weighted by Gasteiger charge is -2.08. The summed E-state index contributed by atoms with van der Waals surface area (Å²) >= 11 is 0. The van der Waals surface area contributed by atoms with Crippen LogP contribution in [0.4, 0.5) is 0 Å². The van der Waals surface area contributed by atoms with Gasteiger partial charge in [-0.05, 0) is 36.6 Å². The first-order valence-corrected chi connectivity index (χ1v) is 7.83. The summed E-state index contributed by atoms with van der Waals surface area (Å²) in [6.45, 7) is 2.71. The van der Waals surface area contributed by atoms with Gasteiger partial charge in [0.25, 0.3) is 0 Å². The van der Waals surface area contributed by atoms with Gasteiger partial charge in [0, 0.05) is 13.1 Å². The molecular formula is C19H22N2O3. The Kier molecular flexibility index (Phi) is 6.37. The van der Waals surface area contributed by atoms with E-state index in [1.165, 1.54) is 0 Å². The highest BCUT2D eigenvalue weighted by atomic mass is 16.5. The third-order valence-corrected chi connectivity index (χ3v) is 3.58. The number of amides is 2. The Bertz CT molecular complexity index is 713. The molecule has 24 heavy (non-hydrogen) atoms. The van der Waals surface area contributed by atoms with Crippen molar-refractivity contribution in [3.05, 3.63) is 65.2 Å². The minimum Gasteiger partial charge on any atom is -0.497 e. The van der Waals surface area contributed by atoms with Crippen LogP contribution in [0, 0.1) is 6.92 Å². The molecule has 0 aliphatic rings. The van der Waals surface area contributed by atoms with E-state index in [1.54, 1.807) is 7.11 Å². The molecule has 0 aliphatic heterocycles. The van der Waals surface area contributed by atoms with Crippen LogP contribution in [0.3, 0.4) is 0 Å². The predicted molar refractivity (Wildman–Crippen MR) is 92.7 cm³/mol. The number of carbonyl (C=O) groups is 2. The first kappa shape index (κ1) is 17.5. The molecule has 0 fully saturated rings. The van der Waals surface area contributed by atoms with E-state index in [9.17, 15) is 9.59 Å². The second-order valence-electron chi connectivity index (χ2n) is 5.53. The largest absolute Gasteiger partial charge is 0.497 e. The normalized spacial score (nSPS) is 10.1. The van der Waals surface area contributed by atoms with Crippen molar-refractivity contribution in [1.29, 1.82) is 0 Å². The molecule has 0 saturated heterocycles. The van der Waals surface area contributed by atoms with E-state index in [0.717, 1.165) is 22.4 Å². The summed E-state index contributed by atoms with van der Waals surface area (Å²) in [6, 6.07) is 15.4. The Morgan fingerprint density at radius 3 is 2.42 bits per heavy atom. The van der Waals surface area contributed by atoms with Crippen LogP contribution in [0.5, 0.6) is 5.75 Å². The van der Waals surface area contributed by atoms with E-state index < -0.39 is 11.8 Å². The zero-order valence-corrected chi connectivity index (χ0v) is 14.0. The van der Waals surface area contributed by atoms with Crippen molar-refractivity contribution in [1.82, 2.24) is 10.6 Å². The highest BCUT2D eigenvalue weighted by Crippen LogP contribution is 2.12. The number of ether oxygens (including phenoxy) is 1. The smallest absolute Gasteiger partial charge is 0.309 e.